The van der Waals surface area contributed by atoms with Crippen LogP contribution in [0.15, 0.2) is 84.9 Å². The smallest absolute Gasteiger partial charge is 0.251 e. The van der Waals surface area contributed by atoms with E-state index < -0.39 is 71.8 Å². The number of aliphatic hydroxyl groups is 1. The minimum atomic E-state index is -1.79. The fourth-order valence-electron chi connectivity index (χ4n) is 7.09. The Morgan fingerprint density at radius 2 is 1.58 bits per heavy atom. The van der Waals surface area contributed by atoms with E-state index in [2.05, 4.69) is 26.6 Å². The number of halogens is 2. The summed E-state index contributed by atoms with van der Waals surface area (Å²) >= 11 is 12.6. The number of benzene rings is 3. The van der Waals surface area contributed by atoms with Crippen molar-refractivity contribution >= 4 is 58.6 Å². The molecule has 8 N–H and O–H groups in total. The third-order valence-corrected chi connectivity index (χ3v) is 10.9. The number of ether oxygens (including phenoxy) is 1. The van der Waals surface area contributed by atoms with Gasteiger partial charge in [-0.15, -0.1) is 0 Å². The van der Waals surface area contributed by atoms with Crippen LogP contribution in [-0.2, 0) is 48.2 Å². The van der Waals surface area contributed by atoms with Gasteiger partial charge in [-0.3, -0.25) is 28.8 Å². The molecule has 1 saturated heterocycles. The Balaban J connectivity index is 1.45. The number of nitrogens with zero attached hydrogens (tertiary/aromatic N) is 1. The molecular weight excluding hydrogens is 813 g/mol. The summed E-state index contributed by atoms with van der Waals surface area (Å²) in [6.45, 7) is 1.49. The number of rotatable bonds is 11. The molecule has 2 aliphatic rings. The average molecular weight is 865 g/mol. The van der Waals surface area contributed by atoms with Crippen molar-refractivity contribution in [2.24, 2.45) is 5.73 Å². The van der Waals surface area contributed by atoms with Gasteiger partial charge in [0.2, 0.25) is 29.5 Å². The number of nitrogens with two attached hydrogens (primary N) is 1. The first kappa shape index (κ1) is 45.6. The lowest BCUT2D eigenvalue weighted by molar-refractivity contribution is -0.142. The number of carbonyl (C=O) groups excluding carboxylic acids is 6. The molecule has 5 rings (SSSR count). The van der Waals surface area contributed by atoms with Crippen LogP contribution in [0.2, 0.25) is 10.0 Å². The fourth-order valence-corrected chi connectivity index (χ4v) is 7.60. The summed E-state index contributed by atoms with van der Waals surface area (Å²) in [7, 11) is 0. The largest absolute Gasteiger partial charge is 0.489 e. The molecule has 0 spiro atoms. The van der Waals surface area contributed by atoms with Crippen LogP contribution in [0.5, 0.6) is 5.75 Å². The molecule has 6 amide bonds. The van der Waals surface area contributed by atoms with E-state index in [1.807, 2.05) is 6.07 Å². The summed E-state index contributed by atoms with van der Waals surface area (Å²) in [5.41, 5.74) is 7.88. The predicted octanol–water partition coefficient (Wildman–Crippen LogP) is 2.09. The molecule has 0 bridgehead atoms. The Kier molecular flexibility index (Phi) is 16.9. The van der Waals surface area contributed by atoms with Gasteiger partial charge in [-0.1, -0.05) is 77.8 Å². The number of hydrogen-bond donors (Lipinski definition) is 7. The molecule has 6 atom stereocenters. The molecule has 15 nitrogen and oxygen atoms in total. The Hall–Kier alpha value is -5.48. The molecule has 0 radical (unpaired) electrons. The van der Waals surface area contributed by atoms with Gasteiger partial charge < -0.3 is 47.1 Å². The topological polar surface area (TPSA) is 221 Å². The lowest BCUT2D eigenvalue weighted by Gasteiger charge is -2.31. The van der Waals surface area contributed by atoms with E-state index in [1.54, 1.807) is 66.7 Å². The lowest BCUT2D eigenvalue weighted by Crippen LogP contribution is -2.59. The van der Waals surface area contributed by atoms with E-state index in [9.17, 15) is 33.9 Å². The van der Waals surface area contributed by atoms with Gasteiger partial charge in [0.15, 0.2) is 6.10 Å². The standard InChI is InChI=1S/C43H51Cl2N7O8/c1-26(53)48-36-24-47-38(54)19-16-29(22-28-14-17-30(18-15-28)60-25-31-32(44)10-5-11-33(31)45)49-40(56)35(23-27-8-3-2-4-9-27)51-42(58)39(55)34(12-6-20-46)50-41(57)37-13-7-21-52(37)43(36)59/h2-5,8-11,14-19,29,34-37,39,55H,6-7,12-13,20-25,46H2,1H3,(H,47,54)(H,48,53)(H,49,56)(H,50,57)(H,51,58)/b19-16+/t29-,34+,35-,36+,37+,39-/m1/s1. The Labute approximate surface area is 358 Å². The molecule has 0 aliphatic carbocycles. The first-order valence-corrected chi connectivity index (χ1v) is 20.6. The van der Waals surface area contributed by atoms with Crippen LogP contribution in [0.3, 0.4) is 0 Å². The van der Waals surface area contributed by atoms with E-state index in [-0.39, 0.29) is 45.5 Å². The summed E-state index contributed by atoms with van der Waals surface area (Å²) in [6, 6.07) is 15.9. The second kappa shape index (κ2) is 22.2. The zero-order valence-electron chi connectivity index (χ0n) is 33.2. The van der Waals surface area contributed by atoms with Crippen LogP contribution in [0.1, 0.15) is 49.3 Å². The van der Waals surface area contributed by atoms with Crippen molar-refractivity contribution in [2.75, 3.05) is 19.6 Å². The average Bonchev–Trinajstić information content (AvgIpc) is 3.73. The number of aliphatic hydroxyl groups excluding tert-OH is 1. The zero-order valence-corrected chi connectivity index (χ0v) is 34.7. The number of hydrogen-bond acceptors (Lipinski definition) is 9. The van der Waals surface area contributed by atoms with Gasteiger partial charge >= 0.3 is 0 Å². The lowest BCUT2D eigenvalue weighted by atomic mass is 10.0. The van der Waals surface area contributed by atoms with Gasteiger partial charge in [-0.2, -0.15) is 0 Å². The van der Waals surface area contributed by atoms with Crippen molar-refractivity contribution in [1.29, 1.82) is 0 Å². The Morgan fingerprint density at radius 1 is 0.883 bits per heavy atom. The highest BCUT2D eigenvalue weighted by Gasteiger charge is 2.40. The van der Waals surface area contributed by atoms with Crippen LogP contribution in [0.25, 0.3) is 0 Å². The van der Waals surface area contributed by atoms with Gasteiger partial charge in [0.25, 0.3) is 5.91 Å². The molecular formula is C43H51Cl2N7O8. The molecule has 1 fully saturated rings. The van der Waals surface area contributed by atoms with Crippen molar-refractivity contribution in [3.05, 3.63) is 112 Å². The summed E-state index contributed by atoms with van der Waals surface area (Å²) in [5, 5.41) is 26.0. The van der Waals surface area contributed by atoms with Crippen molar-refractivity contribution in [3.63, 3.8) is 0 Å². The molecule has 320 valence electrons. The zero-order chi connectivity index (χ0) is 43.2. The normalized spacial score (nSPS) is 23.8. The predicted molar refractivity (Wildman–Crippen MR) is 226 cm³/mol. The maximum atomic E-state index is 14.2. The van der Waals surface area contributed by atoms with Crippen molar-refractivity contribution in [1.82, 2.24) is 31.5 Å². The molecule has 3 aromatic rings. The van der Waals surface area contributed by atoms with Gasteiger partial charge in [-0.25, -0.2) is 0 Å². The van der Waals surface area contributed by atoms with Gasteiger partial charge in [-0.05, 0) is 74.0 Å². The van der Waals surface area contributed by atoms with Crippen LogP contribution < -0.4 is 37.1 Å². The summed E-state index contributed by atoms with van der Waals surface area (Å²) in [5.74, 6) is -3.31. The van der Waals surface area contributed by atoms with Gasteiger partial charge in [0, 0.05) is 48.1 Å². The number of fused-ring (bicyclic) bond motifs is 1. The van der Waals surface area contributed by atoms with Crippen LogP contribution in [0, 0.1) is 0 Å². The molecule has 0 aromatic heterocycles. The van der Waals surface area contributed by atoms with E-state index >= 15 is 0 Å². The second-order valence-electron chi connectivity index (χ2n) is 14.7. The Morgan fingerprint density at radius 3 is 2.27 bits per heavy atom. The third kappa shape index (κ3) is 13.0. The van der Waals surface area contributed by atoms with Crippen molar-refractivity contribution in [2.45, 2.75) is 88.4 Å². The van der Waals surface area contributed by atoms with E-state index in [1.165, 1.54) is 24.0 Å². The molecule has 3 aromatic carbocycles. The van der Waals surface area contributed by atoms with Crippen molar-refractivity contribution in [3.8, 4) is 5.75 Å². The highest BCUT2D eigenvalue weighted by molar-refractivity contribution is 6.35. The van der Waals surface area contributed by atoms with Crippen LogP contribution in [-0.4, -0.2) is 101 Å². The Bertz CT molecular complexity index is 2000. The highest BCUT2D eigenvalue weighted by atomic mass is 35.5. The molecule has 17 heteroatoms. The minimum Gasteiger partial charge on any atom is -0.489 e. The maximum absolute atomic E-state index is 14.2. The van der Waals surface area contributed by atoms with E-state index in [0.717, 1.165) is 11.1 Å². The molecule has 60 heavy (non-hydrogen) atoms. The summed E-state index contributed by atoms with van der Waals surface area (Å²) in [6.07, 6.45) is 2.38. The number of amides is 6. The quantitative estimate of drug-likeness (QED) is 0.150. The van der Waals surface area contributed by atoms with Crippen LogP contribution in [0.4, 0.5) is 0 Å². The maximum Gasteiger partial charge on any atom is 0.251 e. The number of carbonyl (C=O) groups is 6. The first-order valence-electron chi connectivity index (χ1n) is 19.8. The highest BCUT2D eigenvalue weighted by Crippen LogP contribution is 2.26. The van der Waals surface area contributed by atoms with Gasteiger partial charge in [0.05, 0.1) is 12.1 Å². The van der Waals surface area contributed by atoms with Crippen LogP contribution >= 0.6 is 23.2 Å². The summed E-state index contributed by atoms with van der Waals surface area (Å²) < 4.78 is 5.93. The molecule has 2 heterocycles. The van der Waals surface area contributed by atoms with Crippen molar-refractivity contribution < 1.29 is 38.6 Å². The molecule has 0 saturated carbocycles. The van der Waals surface area contributed by atoms with Gasteiger partial charge in [0.1, 0.15) is 30.5 Å². The molecule has 0 unspecified atom stereocenters. The SMILES string of the molecule is CC(=O)N[C@H]1CNC(=O)/C=C/[C@H](Cc2ccc(OCc3c(Cl)cccc3Cl)cc2)NC(=O)[C@@H](Cc2ccccc2)NC(=O)[C@H](O)[C@H](CCCN)NC(=O)[C@@H]2CCCN2C1=O. The monoisotopic (exact) mass is 863 g/mol. The number of nitrogens with one attached hydrogen (secondary N) is 5. The van der Waals surface area contributed by atoms with E-state index in [0.29, 0.717) is 40.6 Å². The first-order chi connectivity index (χ1) is 28.8. The third-order valence-electron chi connectivity index (χ3n) is 10.2. The second-order valence-corrected chi connectivity index (χ2v) is 15.6. The summed E-state index contributed by atoms with van der Waals surface area (Å²) in [4.78, 5) is 82.3. The molecule has 2 aliphatic heterocycles. The minimum absolute atomic E-state index is 0.0487. The fraction of sp³-hybridized carbons (Fsp3) is 0.395. The van der Waals surface area contributed by atoms with E-state index in [4.69, 9.17) is 33.7 Å².